The van der Waals surface area contributed by atoms with Crippen LogP contribution in [0.5, 0.6) is 0 Å². The summed E-state index contributed by atoms with van der Waals surface area (Å²) in [5, 5.41) is 3.62. The molecule has 112 valence electrons. The summed E-state index contributed by atoms with van der Waals surface area (Å²) in [4.78, 5) is 2.53. The molecule has 1 N–H and O–H groups in total. The number of hydrogen-bond donors (Lipinski definition) is 1. The van der Waals surface area contributed by atoms with Crippen LogP contribution in [-0.2, 0) is 11.3 Å². The molecule has 0 amide bonds. The van der Waals surface area contributed by atoms with Crippen molar-refractivity contribution in [1.82, 2.24) is 10.2 Å². The van der Waals surface area contributed by atoms with Crippen LogP contribution in [0.3, 0.4) is 0 Å². The summed E-state index contributed by atoms with van der Waals surface area (Å²) in [6.45, 7) is 10.5. The molecular formula is C17H28N2O. The van der Waals surface area contributed by atoms with E-state index in [-0.39, 0.29) is 0 Å². The van der Waals surface area contributed by atoms with Crippen LogP contribution in [0.15, 0.2) is 30.3 Å². The van der Waals surface area contributed by atoms with E-state index in [2.05, 4.69) is 54.4 Å². The van der Waals surface area contributed by atoms with E-state index < -0.39 is 0 Å². The molecule has 1 heterocycles. The molecule has 1 aromatic carbocycles. The summed E-state index contributed by atoms with van der Waals surface area (Å²) in [6.07, 6.45) is 1.14. The third kappa shape index (κ3) is 4.58. The van der Waals surface area contributed by atoms with Gasteiger partial charge in [-0.15, -0.1) is 0 Å². The van der Waals surface area contributed by atoms with Crippen molar-refractivity contribution in [3.63, 3.8) is 0 Å². The fourth-order valence-corrected chi connectivity index (χ4v) is 2.99. The summed E-state index contributed by atoms with van der Waals surface area (Å²) in [5.41, 5.74) is 1.39. The van der Waals surface area contributed by atoms with Crippen molar-refractivity contribution in [1.29, 1.82) is 0 Å². The van der Waals surface area contributed by atoms with Crippen molar-refractivity contribution in [3.8, 4) is 0 Å². The highest BCUT2D eigenvalue weighted by Gasteiger charge is 2.26. The quantitative estimate of drug-likeness (QED) is 0.828. The van der Waals surface area contributed by atoms with Gasteiger partial charge < -0.3 is 10.1 Å². The Hall–Kier alpha value is -0.900. The minimum atomic E-state index is 0.604. The highest BCUT2D eigenvalue weighted by Crippen LogP contribution is 2.17. The molecule has 1 aliphatic heterocycles. The Morgan fingerprint density at radius 2 is 2.05 bits per heavy atom. The molecule has 0 aliphatic carbocycles. The maximum Gasteiger partial charge on any atom is 0.0521 e. The van der Waals surface area contributed by atoms with E-state index in [1.165, 1.54) is 5.56 Å². The Balaban J connectivity index is 1.90. The van der Waals surface area contributed by atoms with Crippen molar-refractivity contribution in [2.75, 3.05) is 32.8 Å². The molecule has 3 heteroatoms. The molecule has 2 atom stereocenters. The van der Waals surface area contributed by atoms with Gasteiger partial charge in [-0.3, -0.25) is 4.90 Å². The van der Waals surface area contributed by atoms with Gasteiger partial charge in [-0.2, -0.15) is 0 Å². The largest absolute Gasteiger partial charge is 0.381 e. The third-order valence-corrected chi connectivity index (χ3v) is 4.13. The first-order valence-electron chi connectivity index (χ1n) is 7.90. The second kappa shape index (κ2) is 8.40. The maximum atomic E-state index is 5.69. The second-order valence-electron chi connectivity index (χ2n) is 5.60. The molecule has 1 fully saturated rings. The predicted molar refractivity (Wildman–Crippen MR) is 83.8 cm³/mol. The Morgan fingerprint density at radius 1 is 1.25 bits per heavy atom. The lowest BCUT2D eigenvalue weighted by Crippen LogP contribution is -2.47. The van der Waals surface area contributed by atoms with E-state index in [4.69, 9.17) is 4.74 Å². The standard InChI is InChI=1S/C17H28N2O/c1-3-18-17-10-11-20-14-16(17)13-19(4-2)12-15-8-6-5-7-9-15/h5-9,16-18H,3-4,10-14H2,1-2H3. The lowest BCUT2D eigenvalue weighted by Gasteiger charge is -2.35. The smallest absolute Gasteiger partial charge is 0.0521 e. The minimum Gasteiger partial charge on any atom is -0.381 e. The Labute approximate surface area is 123 Å². The van der Waals surface area contributed by atoms with Gasteiger partial charge >= 0.3 is 0 Å². The van der Waals surface area contributed by atoms with Crippen LogP contribution < -0.4 is 5.32 Å². The van der Waals surface area contributed by atoms with Gasteiger partial charge in [0.25, 0.3) is 0 Å². The summed E-state index contributed by atoms with van der Waals surface area (Å²) >= 11 is 0. The van der Waals surface area contributed by atoms with Crippen LogP contribution in [0.4, 0.5) is 0 Å². The molecule has 0 spiro atoms. The summed E-state index contributed by atoms with van der Waals surface area (Å²) < 4.78 is 5.69. The van der Waals surface area contributed by atoms with Gasteiger partial charge in [0.1, 0.15) is 0 Å². The molecule has 2 unspecified atom stereocenters. The topological polar surface area (TPSA) is 24.5 Å². The van der Waals surface area contributed by atoms with E-state index in [1.807, 2.05) is 0 Å². The van der Waals surface area contributed by atoms with Gasteiger partial charge in [-0.25, -0.2) is 0 Å². The summed E-state index contributed by atoms with van der Waals surface area (Å²) in [6, 6.07) is 11.3. The molecular weight excluding hydrogens is 248 g/mol. The van der Waals surface area contributed by atoms with Crippen LogP contribution in [0, 0.1) is 5.92 Å². The first kappa shape index (κ1) is 15.5. The second-order valence-corrected chi connectivity index (χ2v) is 5.60. The fourth-order valence-electron chi connectivity index (χ4n) is 2.99. The summed E-state index contributed by atoms with van der Waals surface area (Å²) in [5.74, 6) is 0.604. The first-order chi connectivity index (χ1) is 9.83. The molecule has 1 aromatic rings. The average molecular weight is 276 g/mol. The van der Waals surface area contributed by atoms with Crippen LogP contribution in [-0.4, -0.2) is 43.8 Å². The van der Waals surface area contributed by atoms with Crippen molar-refractivity contribution in [2.24, 2.45) is 5.92 Å². The number of nitrogens with zero attached hydrogens (tertiary/aromatic N) is 1. The zero-order chi connectivity index (χ0) is 14.2. The summed E-state index contributed by atoms with van der Waals surface area (Å²) in [7, 11) is 0. The number of rotatable bonds is 7. The molecule has 0 bridgehead atoms. The SMILES string of the molecule is CCNC1CCOCC1CN(CC)Cc1ccccc1. The molecule has 2 rings (SSSR count). The van der Waals surface area contributed by atoms with Gasteiger partial charge in [0.2, 0.25) is 0 Å². The zero-order valence-corrected chi connectivity index (χ0v) is 12.8. The third-order valence-electron chi connectivity index (χ3n) is 4.13. The maximum absolute atomic E-state index is 5.69. The molecule has 0 radical (unpaired) electrons. The van der Waals surface area contributed by atoms with Crippen molar-refractivity contribution < 1.29 is 4.74 Å². The van der Waals surface area contributed by atoms with Gasteiger partial charge in [0, 0.05) is 31.7 Å². The molecule has 0 aromatic heterocycles. The normalized spacial score (nSPS) is 23.1. The van der Waals surface area contributed by atoms with Crippen molar-refractivity contribution in [3.05, 3.63) is 35.9 Å². The minimum absolute atomic E-state index is 0.604. The molecule has 1 saturated heterocycles. The van der Waals surface area contributed by atoms with Crippen LogP contribution in [0.25, 0.3) is 0 Å². The average Bonchev–Trinajstić information content (AvgIpc) is 2.50. The molecule has 20 heavy (non-hydrogen) atoms. The lowest BCUT2D eigenvalue weighted by molar-refractivity contribution is 0.0165. The Morgan fingerprint density at radius 3 is 2.75 bits per heavy atom. The van der Waals surface area contributed by atoms with E-state index in [9.17, 15) is 0 Å². The molecule has 0 saturated carbocycles. The van der Waals surface area contributed by atoms with E-state index in [0.29, 0.717) is 12.0 Å². The van der Waals surface area contributed by atoms with Crippen molar-refractivity contribution in [2.45, 2.75) is 32.9 Å². The number of nitrogens with one attached hydrogen (secondary N) is 1. The fraction of sp³-hybridized carbons (Fsp3) is 0.647. The zero-order valence-electron chi connectivity index (χ0n) is 12.8. The van der Waals surface area contributed by atoms with E-state index in [1.54, 1.807) is 0 Å². The predicted octanol–water partition coefficient (Wildman–Crippen LogP) is 2.52. The number of benzene rings is 1. The Kier molecular flexibility index (Phi) is 6.51. The van der Waals surface area contributed by atoms with Gasteiger partial charge in [0.05, 0.1) is 6.61 Å². The number of ether oxygens (including phenoxy) is 1. The van der Waals surface area contributed by atoms with Gasteiger partial charge in [-0.05, 0) is 25.1 Å². The first-order valence-corrected chi connectivity index (χ1v) is 7.90. The van der Waals surface area contributed by atoms with Crippen molar-refractivity contribution >= 4 is 0 Å². The molecule has 3 nitrogen and oxygen atoms in total. The van der Waals surface area contributed by atoms with Crippen LogP contribution in [0.1, 0.15) is 25.8 Å². The molecule has 1 aliphatic rings. The highest BCUT2D eigenvalue weighted by molar-refractivity contribution is 5.14. The van der Waals surface area contributed by atoms with E-state index in [0.717, 1.165) is 45.8 Å². The highest BCUT2D eigenvalue weighted by atomic mass is 16.5. The van der Waals surface area contributed by atoms with Gasteiger partial charge in [0.15, 0.2) is 0 Å². The van der Waals surface area contributed by atoms with E-state index >= 15 is 0 Å². The van der Waals surface area contributed by atoms with Crippen LogP contribution >= 0.6 is 0 Å². The lowest BCUT2D eigenvalue weighted by atomic mass is 9.95. The number of hydrogen-bond acceptors (Lipinski definition) is 3. The van der Waals surface area contributed by atoms with Gasteiger partial charge in [-0.1, -0.05) is 44.2 Å². The Bertz CT molecular complexity index is 367. The van der Waals surface area contributed by atoms with Crippen LogP contribution in [0.2, 0.25) is 0 Å². The monoisotopic (exact) mass is 276 g/mol.